The quantitative estimate of drug-likeness (QED) is 0.0344. The lowest BCUT2D eigenvalue weighted by Gasteiger charge is -2.18. The van der Waals surface area contributed by atoms with E-state index in [0.29, 0.717) is 19.3 Å². The highest BCUT2D eigenvalue weighted by Gasteiger charge is 2.19. The number of ether oxygens (including phenoxy) is 3. The number of unbranched alkanes of at least 4 members (excludes halogenated alkanes) is 40. The van der Waals surface area contributed by atoms with Crippen molar-refractivity contribution in [2.24, 2.45) is 0 Å². The summed E-state index contributed by atoms with van der Waals surface area (Å²) < 4.78 is 16.7. The van der Waals surface area contributed by atoms with Gasteiger partial charge in [-0.25, -0.2) is 0 Å². The van der Waals surface area contributed by atoms with Gasteiger partial charge in [0.2, 0.25) is 0 Å². The van der Waals surface area contributed by atoms with E-state index in [4.69, 9.17) is 14.2 Å². The van der Waals surface area contributed by atoms with Crippen molar-refractivity contribution in [3.63, 3.8) is 0 Å². The predicted octanol–water partition coefficient (Wildman–Crippen LogP) is 18.0. The second-order valence-corrected chi connectivity index (χ2v) is 18.9. The summed E-state index contributed by atoms with van der Waals surface area (Å²) in [6, 6.07) is 0. The Morgan fingerprint density at radius 3 is 0.656 bits per heavy atom. The van der Waals surface area contributed by atoms with Crippen molar-refractivity contribution in [2.75, 3.05) is 13.2 Å². The zero-order chi connectivity index (χ0) is 44.4. The van der Waals surface area contributed by atoms with Gasteiger partial charge in [0.1, 0.15) is 13.2 Å². The van der Waals surface area contributed by atoms with Crippen molar-refractivity contribution in [2.45, 2.75) is 322 Å². The van der Waals surface area contributed by atoms with Gasteiger partial charge in [0.25, 0.3) is 0 Å². The molecule has 0 saturated heterocycles. The minimum absolute atomic E-state index is 0.0624. The molecule has 0 rings (SSSR count). The van der Waals surface area contributed by atoms with E-state index in [2.05, 4.69) is 20.8 Å². The molecule has 0 aliphatic rings. The van der Waals surface area contributed by atoms with Crippen LogP contribution in [0.15, 0.2) is 0 Å². The Kier molecular flexibility index (Phi) is 49.7. The zero-order valence-electron chi connectivity index (χ0n) is 41.5. The van der Waals surface area contributed by atoms with Gasteiger partial charge in [-0.15, -0.1) is 0 Å². The van der Waals surface area contributed by atoms with Gasteiger partial charge in [-0.1, -0.05) is 278 Å². The molecule has 6 heteroatoms. The number of hydrogen-bond donors (Lipinski definition) is 0. The molecule has 0 bridgehead atoms. The van der Waals surface area contributed by atoms with Gasteiger partial charge in [-0.05, 0) is 19.3 Å². The third-order valence-electron chi connectivity index (χ3n) is 12.6. The third-order valence-corrected chi connectivity index (χ3v) is 12.6. The average molecular weight is 863 g/mol. The molecule has 0 aromatic rings. The first kappa shape index (κ1) is 59.4. The highest BCUT2D eigenvalue weighted by molar-refractivity contribution is 5.71. The second-order valence-electron chi connectivity index (χ2n) is 18.9. The first-order valence-electron chi connectivity index (χ1n) is 27.5. The topological polar surface area (TPSA) is 78.9 Å². The molecule has 1 unspecified atom stereocenters. The largest absolute Gasteiger partial charge is 0.462 e. The molecule has 1 atom stereocenters. The molecule has 0 saturated carbocycles. The Hall–Kier alpha value is -1.59. The lowest BCUT2D eigenvalue weighted by molar-refractivity contribution is -0.167. The summed E-state index contributed by atoms with van der Waals surface area (Å²) in [5.41, 5.74) is 0. The van der Waals surface area contributed by atoms with Gasteiger partial charge in [-0.2, -0.15) is 0 Å². The first-order valence-corrected chi connectivity index (χ1v) is 27.5. The molecule has 0 fully saturated rings. The third kappa shape index (κ3) is 49.3. The molecule has 0 radical (unpaired) electrons. The molecule has 6 nitrogen and oxygen atoms in total. The van der Waals surface area contributed by atoms with Crippen LogP contribution in [0.25, 0.3) is 0 Å². The molecule has 0 aromatic carbocycles. The van der Waals surface area contributed by atoms with Gasteiger partial charge < -0.3 is 14.2 Å². The van der Waals surface area contributed by atoms with Gasteiger partial charge in [0, 0.05) is 19.3 Å². The lowest BCUT2D eigenvalue weighted by atomic mass is 10.0. The van der Waals surface area contributed by atoms with Crippen molar-refractivity contribution in [1.82, 2.24) is 0 Å². The Bertz CT molecular complexity index is 905. The van der Waals surface area contributed by atoms with Gasteiger partial charge in [0.05, 0.1) is 0 Å². The molecular weight excluding hydrogens is 757 g/mol. The molecule has 61 heavy (non-hydrogen) atoms. The van der Waals surface area contributed by atoms with Crippen molar-refractivity contribution in [3.05, 3.63) is 0 Å². The predicted molar refractivity (Wildman–Crippen MR) is 261 cm³/mol. The van der Waals surface area contributed by atoms with E-state index in [1.807, 2.05) is 0 Å². The van der Waals surface area contributed by atoms with Gasteiger partial charge >= 0.3 is 17.9 Å². The van der Waals surface area contributed by atoms with Crippen molar-refractivity contribution < 1.29 is 28.6 Å². The van der Waals surface area contributed by atoms with E-state index in [-0.39, 0.29) is 31.1 Å². The van der Waals surface area contributed by atoms with Crippen LogP contribution in [0.3, 0.4) is 0 Å². The highest BCUT2D eigenvalue weighted by atomic mass is 16.6. The van der Waals surface area contributed by atoms with E-state index < -0.39 is 6.10 Å². The fourth-order valence-electron chi connectivity index (χ4n) is 8.45. The minimum Gasteiger partial charge on any atom is -0.462 e. The summed E-state index contributed by atoms with van der Waals surface area (Å²) in [6.45, 7) is 6.64. The maximum absolute atomic E-state index is 12.8. The smallest absolute Gasteiger partial charge is 0.306 e. The van der Waals surface area contributed by atoms with E-state index in [9.17, 15) is 14.4 Å². The number of carbonyl (C=O) groups excluding carboxylic acids is 3. The summed E-state index contributed by atoms with van der Waals surface area (Å²) in [5.74, 6) is -0.849. The molecule has 0 aliphatic heterocycles. The van der Waals surface area contributed by atoms with Crippen LogP contribution in [0.4, 0.5) is 0 Å². The lowest BCUT2D eigenvalue weighted by Crippen LogP contribution is -2.30. The van der Waals surface area contributed by atoms with Gasteiger partial charge in [0.15, 0.2) is 6.10 Å². The molecular formula is C55H106O6. The molecule has 0 spiro atoms. The van der Waals surface area contributed by atoms with Crippen LogP contribution in [-0.4, -0.2) is 37.2 Å². The number of rotatable bonds is 51. The van der Waals surface area contributed by atoms with Crippen LogP contribution in [0.5, 0.6) is 0 Å². The maximum Gasteiger partial charge on any atom is 0.306 e. The summed E-state index contributed by atoms with van der Waals surface area (Å²) in [4.78, 5) is 37.8. The summed E-state index contributed by atoms with van der Waals surface area (Å²) in [6.07, 6.45) is 55.5. The van der Waals surface area contributed by atoms with Crippen LogP contribution in [0.1, 0.15) is 316 Å². The van der Waals surface area contributed by atoms with Crippen LogP contribution in [0, 0.1) is 0 Å². The van der Waals surface area contributed by atoms with Crippen molar-refractivity contribution in [1.29, 1.82) is 0 Å². The average Bonchev–Trinajstić information content (AvgIpc) is 3.26. The van der Waals surface area contributed by atoms with Crippen molar-refractivity contribution in [3.8, 4) is 0 Å². The van der Waals surface area contributed by atoms with Crippen LogP contribution in [0.2, 0.25) is 0 Å². The Morgan fingerprint density at radius 2 is 0.443 bits per heavy atom. The SMILES string of the molecule is CCCCCCCCCCCCCCCCCCCCCCCC(=O)OCC(COC(=O)CCCCCCCC)OC(=O)CCCCCCCCCCCCCCCCCC. The van der Waals surface area contributed by atoms with E-state index in [0.717, 1.165) is 57.8 Å². The summed E-state index contributed by atoms with van der Waals surface area (Å²) in [5, 5.41) is 0. The number of hydrogen-bond acceptors (Lipinski definition) is 6. The minimum atomic E-state index is -0.759. The molecule has 0 heterocycles. The van der Waals surface area contributed by atoms with Crippen LogP contribution in [-0.2, 0) is 28.6 Å². The summed E-state index contributed by atoms with van der Waals surface area (Å²) >= 11 is 0. The Balaban J connectivity index is 4.08. The maximum atomic E-state index is 12.8. The van der Waals surface area contributed by atoms with Crippen molar-refractivity contribution >= 4 is 17.9 Å². The van der Waals surface area contributed by atoms with E-state index in [1.54, 1.807) is 0 Å². The fourth-order valence-corrected chi connectivity index (χ4v) is 8.45. The van der Waals surface area contributed by atoms with Crippen LogP contribution < -0.4 is 0 Å². The Labute approximate surface area is 380 Å². The van der Waals surface area contributed by atoms with Gasteiger partial charge in [-0.3, -0.25) is 14.4 Å². The van der Waals surface area contributed by atoms with E-state index >= 15 is 0 Å². The molecule has 362 valence electrons. The Morgan fingerprint density at radius 1 is 0.262 bits per heavy atom. The standard InChI is InChI=1S/C55H106O6/c1-4-7-10-13-16-18-20-22-24-26-27-28-29-30-32-33-35-37-39-42-45-48-54(57)60-51-52(50-59-53(56)47-44-41-15-12-9-6-3)61-55(58)49-46-43-40-38-36-34-31-25-23-21-19-17-14-11-8-5-2/h52H,4-51H2,1-3H3. The normalized spacial score (nSPS) is 11.9. The second kappa shape index (κ2) is 51.0. The first-order chi connectivity index (χ1) is 30.0. The number of carbonyl (C=O) groups is 3. The summed E-state index contributed by atoms with van der Waals surface area (Å²) in [7, 11) is 0. The molecule has 0 aromatic heterocycles. The zero-order valence-corrected chi connectivity index (χ0v) is 41.5. The molecule has 0 amide bonds. The monoisotopic (exact) mass is 863 g/mol. The van der Waals surface area contributed by atoms with Crippen LogP contribution >= 0.6 is 0 Å². The highest BCUT2D eigenvalue weighted by Crippen LogP contribution is 2.17. The fraction of sp³-hybridized carbons (Fsp3) is 0.945. The van der Waals surface area contributed by atoms with E-state index in [1.165, 1.54) is 218 Å². The molecule has 0 N–H and O–H groups in total. The number of esters is 3. The molecule has 0 aliphatic carbocycles.